The zero-order valence-electron chi connectivity index (χ0n) is 9.88. The van der Waals surface area contributed by atoms with Crippen molar-refractivity contribution >= 4 is 17.3 Å². The summed E-state index contributed by atoms with van der Waals surface area (Å²) in [6.45, 7) is 0.998. The van der Waals surface area contributed by atoms with Gasteiger partial charge in [-0.05, 0) is 12.5 Å². The summed E-state index contributed by atoms with van der Waals surface area (Å²) in [4.78, 5) is 22.5. The van der Waals surface area contributed by atoms with Crippen molar-refractivity contribution in [3.63, 3.8) is 0 Å². The van der Waals surface area contributed by atoms with Crippen LogP contribution in [-0.2, 0) is 0 Å². The summed E-state index contributed by atoms with van der Waals surface area (Å²) in [7, 11) is 0. The van der Waals surface area contributed by atoms with Crippen LogP contribution in [0, 0.1) is 15.9 Å². The molecule has 1 heterocycles. The fourth-order valence-corrected chi connectivity index (χ4v) is 1.98. The molecule has 0 saturated heterocycles. The van der Waals surface area contributed by atoms with Crippen LogP contribution in [0.4, 0.5) is 15.8 Å². The zero-order valence-corrected chi connectivity index (χ0v) is 9.88. The lowest BCUT2D eigenvalue weighted by molar-refractivity contribution is -0.385. The van der Waals surface area contributed by atoms with Gasteiger partial charge in [0, 0.05) is 13.1 Å². The van der Waals surface area contributed by atoms with Gasteiger partial charge in [0.05, 0.1) is 16.7 Å². The molecular formula is C12H11FN2O4. The van der Waals surface area contributed by atoms with Gasteiger partial charge in [-0.1, -0.05) is 12.2 Å². The van der Waals surface area contributed by atoms with Crippen molar-refractivity contribution in [3.8, 4) is 0 Å². The first-order chi connectivity index (χ1) is 9.00. The van der Waals surface area contributed by atoms with Gasteiger partial charge in [0.25, 0.3) is 5.69 Å². The van der Waals surface area contributed by atoms with Crippen LogP contribution in [0.3, 0.4) is 0 Å². The fraction of sp³-hybridized carbons (Fsp3) is 0.250. The molecule has 0 saturated carbocycles. The minimum absolute atomic E-state index is 0.0763. The van der Waals surface area contributed by atoms with Gasteiger partial charge in [-0.3, -0.25) is 10.1 Å². The summed E-state index contributed by atoms with van der Waals surface area (Å²) in [6, 6.07) is 1.69. The lowest BCUT2D eigenvalue weighted by Gasteiger charge is -2.26. The van der Waals surface area contributed by atoms with Crippen LogP contribution in [0.1, 0.15) is 16.8 Å². The second kappa shape index (κ2) is 5.05. The largest absolute Gasteiger partial charge is 0.477 e. The zero-order chi connectivity index (χ0) is 14.0. The minimum atomic E-state index is -1.44. The van der Waals surface area contributed by atoms with Crippen molar-refractivity contribution in [1.82, 2.24) is 0 Å². The smallest absolute Gasteiger partial charge is 0.342 e. The van der Waals surface area contributed by atoms with E-state index in [0.717, 1.165) is 12.5 Å². The highest BCUT2D eigenvalue weighted by Gasteiger charge is 2.25. The first kappa shape index (κ1) is 13.0. The Bertz CT molecular complexity index is 571. The number of carboxylic acid groups (broad SMARTS) is 1. The SMILES string of the molecule is O=C(O)c1cc(N2CC=CCC2)c(F)cc1[N+](=O)[O-]. The third-order valence-electron chi connectivity index (χ3n) is 2.89. The molecule has 0 aromatic heterocycles. The van der Waals surface area contributed by atoms with E-state index in [1.807, 2.05) is 12.2 Å². The van der Waals surface area contributed by atoms with Crippen LogP contribution >= 0.6 is 0 Å². The summed E-state index contributed by atoms with van der Waals surface area (Å²) in [5, 5.41) is 19.7. The average molecular weight is 266 g/mol. The molecule has 1 aromatic rings. The van der Waals surface area contributed by atoms with E-state index in [1.165, 1.54) is 0 Å². The second-order valence-corrected chi connectivity index (χ2v) is 4.09. The number of rotatable bonds is 3. The highest BCUT2D eigenvalue weighted by molar-refractivity contribution is 5.93. The molecule has 6 nitrogen and oxygen atoms in total. The number of hydrogen-bond acceptors (Lipinski definition) is 4. The highest BCUT2D eigenvalue weighted by atomic mass is 19.1. The molecule has 0 bridgehead atoms. The van der Waals surface area contributed by atoms with E-state index < -0.39 is 28.0 Å². The van der Waals surface area contributed by atoms with Gasteiger partial charge in [0.1, 0.15) is 5.56 Å². The molecule has 100 valence electrons. The Morgan fingerprint density at radius 3 is 2.68 bits per heavy atom. The van der Waals surface area contributed by atoms with Gasteiger partial charge in [-0.15, -0.1) is 0 Å². The maximum Gasteiger partial charge on any atom is 0.342 e. The summed E-state index contributed by atoms with van der Waals surface area (Å²) in [5.41, 5.74) is -1.16. The number of anilines is 1. The lowest BCUT2D eigenvalue weighted by Crippen LogP contribution is -2.28. The van der Waals surface area contributed by atoms with Crippen molar-refractivity contribution in [1.29, 1.82) is 0 Å². The Hall–Kier alpha value is -2.44. The second-order valence-electron chi connectivity index (χ2n) is 4.09. The van der Waals surface area contributed by atoms with E-state index in [0.29, 0.717) is 19.2 Å². The van der Waals surface area contributed by atoms with Crippen LogP contribution < -0.4 is 4.90 Å². The van der Waals surface area contributed by atoms with Gasteiger partial charge in [-0.2, -0.15) is 0 Å². The number of aromatic carboxylic acids is 1. The Labute approximate surface area is 107 Å². The van der Waals surface area contributed by atoms with Gasteiger partial charge in [0.2, 0.25) is 0 Å². The van der Waals surface area contributed by atoms with E-state index in [2.05, 4.69) is 0 Å². The van der Waals surface area contributed by atoms with Crippen molar-refractivity contribution in [2.75, 3.05) is 18.0 Å². The predicted octanol–water partition coefficient (Wildman–Crippen LogP) is 2.20. The van der Waals surface area contributed by atoms with E-state index in [9.17, 15) is 19.3 Å². The van der Waals surface area contributed by atoms with Crippen molar-refractivity contribution in [2.45, 2.75) is 6.42 Å². The van der Waals surface area contributed by atoms with Crippen LogP contribution in [0.25, 0.3) is 0 Å². The van der Waals surface area contributed by atoms with Crippen molar-refractivity contribution < 1.29 is 19.2 Å². The summed E-state index contributed by atoms with van der Waals surface area (Å²) >= 11 is 0. The monoisotopic (exact) mass is 266 g/mol. The number of benzene rings is 1. The number of nitrogens with zero attached hydrogens (tertiary/aromatic N) is 2. The number of nitro groups is 1. The molecule has 0 fully saturated rings. The normalized spacial score (nSPS) is 14.5. The number of nitro benzene ring substituents is 1. The third-order valence-corrected chi connectivity index (χ3v) is 2.89. The van der Waals surface area contributed by atoms with E-state index in [4.69, 9.17) is 5.11 Å². The maximum absolute atomic E-state index is 13.9. The molecule has 1 aliphatic heterocycles. The van der Waals surface area contributed by atoms with Gasteiger partial charge in [-0.25, -0.2) is 9.18 Å². The van der Waals surface area contributed by atoms with E-state index >= 15 is 0 Å². The van der Waals surface area contributed by atoms with E-state index in [1.54, 1.807) is 4.90 Å². The Kier molecular flexibility index (Phi) is 3.46. The summed E-state index contributed by atoms with van der Waals surface area (Å²) in [5.74, 6) is -2.23. The van der Waals surface area contributed by atoms with Gasteiger partial charge >= 0.3 is 5.97 Å². The Balaban J connectivity index is 2.51. The number of carbonyl (C=O) groups is 1. The first-order valence-corrected chi connectivity index (χ1v) is 5.62. The molecule has 19 heavy (non-hydrogen) atoms. The van der Waals surface area contributed by atoms with Crippen LogP contribution in [0.5, 0.6) is 0 Å². The molecule has 0 amide bonds. The molecule has 0 radical (unpaired) electrons. The van der Waals surface area contributed by atoms with E-state index in [-0.39, 0.29) is 5.69 Å². The molecule has 0 aliphatic carbocycles. The van der Waals surface area contributed by atoms with Crippen LogP contribution in [-0.4, -0.2) is 29.1 Å². The van der Waals surface area contributed by atoms with Crippen molar-refractivity contribution in [2.24, 2.45) is 0 Å². The van der Waals surface area contributed by atoms with Gasteiger partial charge in [0.15, 0.2) is 5.82 Å². The number of halogens is 1. The Morgan fingerprint density at radius 1 is 1.42 bits per heavy atom. The molecule has 1 aromatic carbocycles. The lowest BCUT2D eigenvalue weighted by atomic mass is 10.1. The molecule has 0 unspecified atom stereocenters. The van der Waals surface area contributed by atoms with Crippen molar-refractivity contribution in [3.05, 3.63) is 45.8 Å². The standard InChI is InChI=1S/C12H11FN2O4/c13-9-7-10(15(18)19)8(12(16)17)6-11(9)14-4-2-1-3-5-14/h1-2,6-7H,3-5H2,(H,16,17). The Morgan fingerprint density at radius 2 is 2.16 bits per heavy atom. The fourth-order valence-electron chi connectivity index (χ4n) is 1.98. The molecular weight excluding hydrogens is 255 g/mol. The molecule has 7 heteroatoms. The molecule has 2 rings (SSSR count). The third kappa shape index (κ3) is 2.54. The summed E-state index contributed by atoms with van der Waals surface area (Å²) in [6.07, 6.45) is 4.50. The number of hydrogen-bond donors (Lipinski definition) is 1. The van der Waals surface area contributed by atoms with Crippen LogP contribution in [0.2, 0.25) is 0 Å². The molecule has 1 aliphatic rings. The molecule has 0 atom stereocenters. The minimum Gasteiger partial charge on any atom is -0.477 e. The van der Waals surface area contributed by atoms with Crippen LogP contribution in [0.15, 0.2) is 24.3 Å². The maximum atomic E-state index is 13.9. The number of carboxylic acids is 1. The van der Waals surface area contributed by atoms with Gasteiger partial charge < -0.3 is 10.0 Å². The quantitative estimate of drug-likeness (QED) is 0.515. The molecule has 0 spiro atoms. The highest BCUT2D eigenvalue weighted by Crippen LogP contribution is 2.29. The summed E-state index contributed by atoms with van der Waals surface area (Å²) < 4.78 is 13.9. The molecule has 1 N–H and O–H groups in total. The average Bonchev–Trinajstić information content (AvgIpc) is 2.39. The topological polar surface area (TPSA) is 83.7 Å². The first-order valence-electron chi connectivity index (χ1n) is 5.62. The predicted molar refractivity (Wildman–Crippen MR) is 66.0 cm³/mol.